The van der Waals surface area contributed by atoms with E-state index in [9.17, 15) is 9.59 Å². The Morgan fingerprint density at radius 2 is 1.81 bits per heavy atom. The van der Waals surface area contributed by atoms with Gasteiger partial charge in [0.1, 0.15) is 6.10 Å². The number of morpholine rings is 1. The van der Waals surface area contributed by atoms with E-state index in [-0.39, 0.29) is 23.6 Å². The van der Waals surface area contributed by atoms with Crippen molar-refractivity contribution >= 4 is 17.5 Å². The topological polar surface area (TPSA) is 83.8 Å². The van der Waals surface area contributed by atoms with Crippen LogP contribution in [0.1, 0.15) is 25.0 Å². The quantitative estimate of drug-likeness (QED) is 0.546. The molecule has 0 saturated carbocycles. The number of pyridine rings is 1. The van der Waals surface area contributed by atoms with Crippen molar-refractivity contribution in [2.24, 2.45) is 7.05 Å². The van der Waals surface area contributed by atoms with Crippen molar-refractivity contribution < 1.29 is 9.53 Å². The minimum Gasteiger partial charge on any atom is -0.370 e. The molecule has 2 fully saturated rings. The number of carbonyl (C=O) groups is 1. The van der Waals surface area contributed by atoms with Crippen molar-refractivity contribution in [1.82, 2.24) is 19.4 Å². The van der Waals surface area contributed by atoms with Crippen molar-refractivity contribution in [1.29, 1.82) is 0 Å². The van der Waals surface area contributed by atoms with Gasteiger partial charge in [-0.3, -0.25) is 19.1 Å². The minimum atomic E-state index is -0.121. The Labute approximate surface area is 210 Å². The van der Waals surface area contributed by atoms with Crippen molar-refractivity contribution in [2.45, 2.75) is 25.5 Å². The second kappa shape index (κ2) is 10.1. The summed E-state index contributed by atoms with van der Waals surface area (Å²) in [5.41, 5.74) is 3.65. The van der Waals surface area contributed by atoms with Crippen LogP contribution in [0.25, 0.3) is 11.3 Å². The lowest BCUT2D eigenvalue weighted by Gasteiger charge is -2.34. The zero-order valence-corrected chi connectivity index (χ0v) is 21.0. The van der Waals surface area contributed by atoms with Crippen LogP contribution in [-0.2, 0) is 16.6 Å². The van der Waals surface area contributed by atoms with E-state index in [1.54, 1.807) is 37.0 Å². The maximum absolute atomic E-state index is 12.7. The van der Waals surface area contributed by atoms with E-state index in [2.05, 4.69) is 39.0 Å². The summed E-state index contributed by atoms with van der Waals surface area (Å²) in [4.78, 5) is 39.6. The zero-order valence-electron chi connectivity index (χ0n) is 21.0. The van der Waals surface area contributed by atoms with Crippen LogP contribution in [0.5, 0.6) is 0 Å². The Morgan fingerprint density at radius 1 is 1.06 bits per heavy atom. The normalized spacial score (nSPS) is 20.0. The van der Waals surface area contributed by atoms with Gasteiger partial charge >= 0.3 is 0 Å². The standard InChI is InChI=1S/C27H32N6O3/c1-19(34)30(2)23-10-13-32(17-23)22-6-4-21(5-7-22)25-18-33(14-15-36-25)27-29-24(16-26(35)31(27)3)20-8-11-28-12-9-20/h4-9,11-12,16,23,25H,10,13-15,17-18H2,1-3H3. The maximum atomic E-state index is 12.7. The van der Waals surface area contributed by atoms with Gasteiger partial charge in [-0.25, -0.2) is 4.98 Å². The average Bonchev–Trinajstić information content (AvgIpc) is 3.40. The summed E-state index contributed by atoms with van der Waals surface area (Å²) in [5, 5.41) is 0. The number of carbonyl (C=O) groups excluding carboxylic acids is 1. The van der Waals surface area contributed by atoms with Gasteiger partial charge in [-0.1, -0.05) is 12.1 Å². The summed E-state index contributed by atoms with van der Waals surface area (Å²) in [5.74, 6) is 0.742. The number of hydrogen-bond acceptors (Lipinski definition) is 7. The number of nitrogens with zero attached hydrogens (tertiary/aromatic N) is 6. The van der Waals surface area contributed by atoms with Crippen LogP contribution in [0.2, 0.25) is 0 Å². The summed E-state index contributed by atoms with van der Waals surface area (Å²) >= 11 is 0. The second-order valence-corrected chi connectivity index (χ2v) is 9.49. The number of anilines is 2. The zero-order chi connectivity index (χ0) is 25.2. The number of benzene rings is 1. The highest BCUT2D eigenvalue weighted by Gasteiger charge is 2.28. The largest absolute Gasteiger partial charge is 0.370 e. The van der Waals surface area contributed by atoms with Crippen LogP contribution < -0.4 is 15.4 Å². The number of aromatic nitrogens is 3. The Bertz CT molecular complexity index is 1280. The smallest absolute Gasteiger partial charge is 0.255 e. The molecule has 1 amide bonds. The maximum Gasteiger partial charge on any atom is 0.255 e. The molecule has 9 nitrogen and oxygen atoms in total. The molecule has 9 heteroatoms. The summed E-state index contributed by atoms with van der Waals surface area (Å²) in [6.07, 6.45) is 4.26. The Hall–Kier alpha value is -3.72. The van der Waals surface area contributed by atoms with Gasteiger partial charge in [0.2, 0.25) is 11.9 Å². The molecule has 2 aliphatic rings. The monoisotopic (exact) mass is 488 g/mol. The fourth-order valence-electron chi connectivity index (χ4n) is 4.96. The van der Waals surface area contributed by atoms with Crippen LogP contribution in [-0.4, -0.2) is 71.2 Å². The summed E-state index contributed by atoms with van der Waals surface area (Å²) in [7, 11) is 3.64. The van der Waals surface area contributed by atoms with E-state index in [0.29, 0.717) is 31.3 Å². The third-order valence-corrected chi connectivity index (χ3v) is 7.27. The first-order valence-electron chi connectivity index (χ1n) is 12.3. The number of likely N-dealkylation sites (N-methyl/N-ethyl adjacent to an activating group) is 1. The molecule has 3 aromatic rings. The number of amides is 1. The van der Waals surface area contributed by atoms with Crippen LogP contribution in [0.3, 0.4) is 0 Å². The van der Waals surface area contributed by atoms with E-state index in [0.717, 1.165) is 36.3 Å². The number of hydrogen-bond donors (Lipinski definition) is 0. The van der Waals surface area contributed by atoms with Crippen molar-refractivity contribution in [2.75, 3.05) is 49.6 Å². The van der Waals surface area contributed by atoms with Gasteiger partial charge in [0.05, 0.1) is 24.9 Å². The highest BCUT2D eigenvalue weighted by atomic mass is 16.5. The first kappa shape index (κ1) is 24.0. The third-order valence-electron chi connectivity index (χ3n) is 7.27. The molecule has 188 valence electrons. The van der Waals surface area contributed by atoms with Crippen LogP contribution >= 0.6 is 0 Å². The molecule has 2 aromatic heterocycles. The average molecular weight is 489 g/mol. The fourth-order valence-corrected chi connectivity index (χ4v) is 4.96. The molecule has 2 saturated heterocycles. The van der Waals surface area contributed by atoms with Gasteiger partial charge in [-0.2, -0.15) is 0 Å². The molecule has 0 radical (unpaired) electrons. The highest BCUT2D eigenvalue weighted by molar-refractivity contribution is 5.73. The SMILES string of the molecule is CC(=O)N(C)C1CCN(c2ccc(C3CN(c4nc(-c5ccncc5)cc(=O)n4C)CCO3)cc2)C1. The Kier molecular flexibility index (Phi) is 6.73. The van der Waals surface area contributed by atoms with Gasteiger partial charge in [0, 0.05) is 70.4 Å². The predicted octanol–water partition coefficient (Wildman–Crippen LogP) is 2.48. The Balaban J connectivity index is 1.31. The molecule has 36 heavy (non-hydrogen) atoms. The van der Waals surface area contributed by atoms with Crippen molar-refractivity contribution in [3.63, 3.8) is 0 Å². The highest BCUT2D eigenvalue weighted by Crippen LogP contribution is 2.29. The van der Waals surface area contributed by atoms with Gasteiger partial charge in [-0.15, -0.1) is 0 Å². The van der Waals surface area contributed by atoms with E-state index >= 15 is 0 Å². The molecule has 1 aromatic carbocycles. The minimum absolute atomic E-state index is 0.0986. The molecule has 2 unspecified atom stereocenters. The number of ether oxygens (including phenoxy) is 1. The summed E-state index contributed by atoms with van der Waals surface area (Å²) < 4.78 is 7.71. The summed E-state index contributed by atoms with van der Waals surface area (Å²) in [6.45, 7) is 5.21. The van der Waals surface area contributed by atoms with Gasteiger partial charge < -0.3 is 19.4 Å². The lowest BCUT2D eigenvalue weighted by molar-refractivity contribution is -0.129. The van der Waals surface area contributed by atoms with E-state index in [1.165, 1.54) is 0 Å². The van der Waals surface area contributed by atoms with Gasteiger partial charge in [0.25, 0.3) is 5.56 Å². The second-order valence-electron chi connectivity index (χ2n) is 9.49. The molecule has 0 aliphatic carbocycles. The van der Waals surface area contributed by atoms with Crippen molar-refractivity contribution in [3.05, 3.63) is 70.8 Å². The van der Waals surface area contributed by atoms with Crippen LogP contribution in [0.4, 0.5) is 11.6 Å². The van der Waals surface area contributed by atoms with Gasteiger partial charge in [-0.05, 0) is 36.2 Å². The Morgan fingerprint density at radius 3 is 2.53 bits per heavy atom. The summed E-state index contributed by atoms with van der Waals surface area (Å²) in [6, 6.07) is 14.0. The molecule has 5 rings (SSSR count). The van der Waals surface area contributed by atoms with Crippen LogP contribution in [0, 0.1) is 0 Å². The first-order valence-corrected chi connectivity index (χ1v) is 12.3. The molecule has 4 heterocycles. The van der Waals surface area contributed by atoms with E-state index in [4.69, 9.17) is 9.72 Å². The van der Waals surface area contributed by atoms with Crippen LogP contribution in [0.15, 0.2) is 59.7 Å². The molecule has 2 aliphatic heterocycles. The lowest BCUT2D eigenvalue weighted by Crippen LogP contribution is -2.41. The lowest BCUT2D eigenvalue weighted by atomic mass is 10.1. The van der Waals surface area contributed by atoms with Gasteiger partial charge in [0.15, 0.2) is 0 Å². The number of rotatable bonds is 5. The molecule has 0 bridgehead atoms. The fraction of sp³-hybridized carbons (Fsp3) is 0.407. The predicted molar refractivity (Wildman–Crippen MR) is 139 cm³/mol. The molecular formula is C27H32N6O3. The van der Waals surface area contributed by atoms with E-state index in [1.807, 2.05) is 24.1 Å². The first-order chi connectivity index (χ1) is 17.4. The molecule has 0 N–H and O–H groups in total. The van der Waals surface area contributed by atoms with Crippen molar-refractivity contribution in [3.8, 4) is 11.3 Å². The van der Waals surface area contributed by atoms with E-state index < -0.39 is 0 Å². The molecule has 2 atom stereocenters. The molecular weight excluding hydrogens is 456 g/mol. The third kappa shape index (κ3) is 4.83. The molecule has 0 spiro atoms.